The first kappa shape index (κ1) is 24.2. The van der Waals surface area contributed by atoms with E-state index in [1.54, 1.807) is 0 Å². The van der Waals surface area contributed by atoms with E-state index in [0.717, 1.165) is 44.9 Å². The molecule has 0 aliphatic rings. The molecule has 1 aromatic heterocycles. The summed E-state index contributed by atoms with van der Waals surface area (Å²) in [6, 6.07) is 55.2. The summed E-state index contributed by atoms with van der Waals surface area (Å²) in [5.74, 6) is 0.633. The van der Waals surface area contributed by atoms with Gasteiger partial charge in [0, 0.05) is 27.9 Å². The molecule has 8 rings (SSSR count). The molecule has 0 fully saturated rings. The molecule has 0 unspecified atom stereocenters. The number of aromatic nitrogens is 1. The summed E-state index contributed by atoms with van der Waals surface area (Å²) in [6.07, 6.45) is 0. The van der Waals surface area contributed by atoms with Crippen LogP contribution in [0.15, 0.2) is 162 Å². The average Bonchev–Trinajstić information content (AvgIpc) is 3.51. The highest BCUT2D eigenvalue weighted by Crippen LogP contribution is 2.41. The van der Waals surface area contributed by atoms with Crippen LogP contribution in [0.5, 0.6) is 0 Å². The molecule has 0 N–H and O–H groups in total. The molecule has 0 saturated heterocycles. The van der Waals surface area contributed by atoms with Crippen molar-refractivity contribution in [3.63, 3.8) is 0 Å². The predicted molar refractivity (Wildman–Crippen MR) is 175 cm³/mol. The number of oxazole rings is 1. The fourth-order valence-corrected chi connectivity index (χ4v) is 5.82. The van der Waals surface area contributed by atoms with E-state index in [1.165, 1.54) is 21.5 Å². The zero-order valence-corrected chi connectivity index (χ0v) is 22.8. The van der Waals surface area contributed by atoms with Gasteiger partial charge in [-0.15, -0.1) is 0 Å². The molecular formula is C39H26N2O. The molecule has 0 aliphatic heterocycles. The van der Waals surface area contributed by atoms with Gasteiger partial charge in [-0.25, -0.2) is 4.98 Å². The minimum absolute atomic E-state index is 0.633. The number of anilines is 3. The summed E-state index contributed by atoms with van der Waals surface area (Å²) in [4.78, 5) is 7.25. The van der Waals surface area contributed by atoms with E-state index in [9.17, 15) is 0 Å². The second kappa shape index (κ2) is 10.1. The highest BCUT2D eigenvalue weighted by atomic mass is 16.3. The third-order valence-corrected chi connectivity index (χ3v) is 7.88. The topological polar surface area (TPSA) is 29.3 Å². The molecule has 0 radical (unpaired) electrons. The second-order valence-electron chi connectivity index (χ2n) is 10.4. The van der Waals surface area contributed by atoms with Gasteiger partial charge in [0.15, 0.2) is 5.58 Å². The van der Waals surface area contributed by atoms with Crippen molar-refractivity contribution in [3.8, 4) is 22.6 Å². The standard InChI is InChI=1S/C39H26N2O/c1-2-12-30(13-3-1)39-40-38-35(17-9-19-37(38)42-39)29-21-23-32(24-22-29)41(33-25-20-27-10-4-5-14-31(27)26-33)36-18-8-15-28-11-6-7-16-34(28)36/h1-26H. The van der Waals surface area contributed by atoms with Crippen LogP contribution in [0, 0.1) is 0 Å². The fraction of sp³-hybridized carbons (Fsp3) is 0. The number of para-hydroxylation sites is 1. The summed E-state index contributed by atoms with van der Waals surface area (Å²) in [5.41, 5.74) is 8.10. The van der Waals surface area contributed by atoms with Crippen LogP contribution < -0.4 is 4.90 Å². The van der Waals surface area contributed by atoms with Gasteiger partial charge in [0.2, 0.25) is 5.89 Å². The Hall–Kier alpha value is -5.67. The van der Waals surface area contributed by atoms with Crippen LogP contribution in [-0.2, 0) is 0 Å². The van der Waals surface area contributed by atoms with Crippen LogP contribution in [0.2, 0.25) is 0 Å². The van der Waals surface area contributed by atoms with Crippen LogP contribution in [0.1, 0.15) is 0 Å². The maximum atomic E-state index is 6.15. The molecule has 0 bridgehead atoms. The van der Waals surface area contributed by atoms with Crippen LogP contribution in [0.4, 0.5) is 17.1 Å². The van der Waals surface area contributed by atoms with Crippen molar-refractivity contribution in [1.82, 2.24) is 4.98 Å². The minimum atomic E-state index is 0.633. The van der Waals surface area contributed by atoms with Gasteiger partial charge in [0.05, 0.1) is 5.69 Å². The highest BCUT2D eigenvalue weighted by molar-refractivity contribution is 6.00. The summed E-state index contributed by atoms with van der Waals surface area (Å²) >= 11 is 0. The van der Waals surface area contributed by atoms with E-state index in [2.05, 4.69) is 120 Å². The summed E-state index contributed by atoms with van der Waals surface area (Å²) in [5, 5.41) is 4.86. The normalized spacial score (nSPS) is 11.3. The zero-order chi connectivity index (χ0) is 27.9. The predicted octanol–water partition coefficient (Wildman–Crippen LogP) is 10.9. The molecule has 7 aromatic carbocycles. The van der Waals surface area contributed by atoms with Gasteiger partial charge in [-0.2, -0.15) is 0 Å². The van der Waals surface area contributed by atoms with Crippen molar-refractivity contribution in [2.45, 2.75) is 0 Å². The number of benzene rings is 7. The second-order valence-corrected chi connectivity index (χ2v) is 10.4. The maximum absolute atomic E-state index is 6.15. The summed E-state index contributed by atoms with van der Waals surface area (Å²) in [6.45, 7) is 0. The lowest BCUT2D eigenvalue weighted by Gasteiger charge is -2.27. The number of hydrogen-bond donors (Lipinski definition) is 0. The van der Waals surface area contributed by atoms with Crippen molar-refractivity contribution in [2.24, 2.45) is 0 Å². The molecule has 0 saturated carbocycles. The first-order chi connectivity index (χ1) is 20.8. The van der Waals surface area contributed by atoms with Crippen molar-refractivity contribution in [2.75, 3.05) is 4.90 Å². The smallest absolute Gasteiger partial charge is 0.227 e. The van der Waals surface area contributed by atoms with Crippen LogP contribution in [0.3, 0.4) is 0 Å². The van der Waals surface area contributed by atoms with Crippen molar-refractivity contribution in [3.05, 3.63) is 158 Å². The van der Waals surface area contributed by atoms with E-state index in [-0.39, 0.29) is 0 Å². The van der Waals surface area contributed by atoms with Crippen LogP contribution in [0.25, 0.3) is 55.2 Å². The molecule has 1 heterocycles. The van der Waals surface area contributed by atoms with Gasteiger partial charge >= 0.3 is 0 Å². The molecule has 0 aliphatic carbocycles. The lowest BCUT2D eigenvalue weighted by atomic mass is 10.0. The van der Waals surface area contributed by atoms with Crippen molar-refractivity contribution < 1.29 is 4.42 Å². The van der Waals surface area contributed by atoms with Crippen molar-refractivity contribution >= 4 is 49.7 Å². The van der Waals surface area contributed by atoms with Gasteiger partial charge in [-0.05, 0) is 70.3 Å². The van der Waals surface area contributed by atoms with E-state index >= 15 is 0 Å². The summed E-state index contributed by atoms with van der Waals surface area (Å²) in [7, 11) is 0. The van der Waals surface area contributed by atoms with Gasteiger partial charge in [0.1, 0.15) is 5.52 Å². The first-order valence-electron chi connectivity index (χ1n) is 14.1. The summed E-state index contributed by atoms with van der Waals surface area (Å²) < 4.78 is 6.15. The third-order valence-electron chi connectivity index (χ3n) is 7.88. The van der Waals surface area contributed by atoms with Crippen LogP contribution >= 0.6 is 0 Å². The lowest BCUT2D eigenvalue weighted by molar-refractivity contribution is 0.620. The average molecular weight is 539 g/mol. The molecular weight excluding hydrogens is 512 g/mol. The van der Waals surface area contributed by atoms with Gasteiger partial charge < -0.3 is 9.32 Å². The Morgan fingerprint density at radius 2 is 1.17 bits per heavy atom. The Kier molecular flexibility index (Phi) is 5.79. The SMILES string of the molecule is c1ccc(-c2nc3c(-c4ccc(N(c5ccc6ccccc6c5)c5cccc6ccccc56)cc4)cccc3o2)cc1. The Morgan fingerprint density at radius 1 is 0.476 bits per heavy atom. The minimum Gasteiger partial charge on any atom is -0.436 e. The van der Waals surface area contributed by atoms with E-state index in [1.807, 2.05) is 42.5 Å². The molecule has 0 atom stereocenters. The molecule has 3 heteroatoms. The molecule has 0 amide bonds. The number of nitrogens with zero attached hydrogens (tertiary/aromatic N) is 2. The van der Waals surface area contributed by atoms with Gasteiger partial charge in [-0.3, -0.25) is 0 Å². The largest absolute Gasteiger partial charge is 0.436 e. The third kappa shape index (κ3) is 4.20. The van der Waals surface area contributed by atoms with E-state index in [0.29, 0.717) is 5.89 Å². The Balaban J connectivity index is 1.26. The monoisotopic (exact) mass is 538 g/mol. The fourth-order valence-electron chi connectivity index (χ4n) is 5.82. The Bertz CT molecular complexity index is 2190. The van der Waals surface area contributed by atoms with Gasteiger partial charge in [0.25, 0.3) is 0 Å². The Morgan fingerprint density at radius 3 is 2.02 bits per heavy atom. The zero-order valence-electron chi connectivity index (χ0n) is 22.8. The molecule has 8 aromatic rings. The van der Waals surface area contributed by atoms with E-state index in [4.69, 9.17) is 9.40 Å². The Labute approximate surface area is 243 Å². The van der Waals surface area contributed by atoms with Gasteiger partial charge in [-0.1, -0.05) is 109 Å². The lowest BCUT2D eigenvalue weighted by Crippen LogP contribution is -2.10. The number of rotatable bonds is 5. The van der Waals surface area contributed by atoms with Crippen molar-refractivity contribution in [1.29, 1.82) is 0 Å². The molecule has 0 spiro atoms. The number of hydrogen-bond acceptors (Lipinski definition) is 3. The maximum Gasteiger partial charge on any atom is 0.227 e. The van der Waals surface area contributed by atoms with Crippen LogP contribution in [-0.4, -0.2) is 4.98 Å². The van der Waals surface area contributed by atoms with E-state index < -0.39 is 0 Å². The molecule has 3 nitrogen and oxygen atoms in total. The number of fused-ring (bicyclic) bond motifs is 3. The quantitative estimate of drug-likeness (QED) is 0.218. The first-order valence-corrected chi connectivity index (χ1v) is 14.1. The molecule has 198 valence electrons. The highest BCUT2D eigenvalue weighted by Gasteiger charge is 2.17. The molecule has 42 heavy (non-hydrogen) atoms.